The summed E-state index contributed by atoms with van der Waals surface area (Å²) in [5.41, 5.74) is 2.36. The molecular weight excluding hydrogens is 224 g/mol. The molecule has 0 radical (unpaired) electrons. The highest BCUT2D eigenvalue weighted by molar-refractivity contribution is 5.21. The van der Waals surface area contributed by atoms with Crippen molar-refractivity contribution in [1.29, 1.82) is 0 Å². The predicted octanol–water partition coefficient (Wildman–Crippen LogP) is 3.22. The van der Waals surface area contributed by atoms with Crippen molar-refractivity contribution < 1.29 is 4.52 Å². The van der Waals surface area contributed by atoms with Gasteiger partial charge < -0.3 is 9.84 Å². The van der Waals surface area contributed by atoms with Gasteiger partial charge in [0.25, 0.3) is 0 Å². The summed E-state index contributed by atoms with van der Waals surface area (Å²) in [6.45, 7) is 2.69. The first-order valence-corrected chi connectivity index (χ1v) is 6.53. The number of rotatable bonds is 5. The maximum atomic E-state index is 5.09. The number of nitrogens with one attached hydrogen (secondary N) is 1. The lowest BCUT2D eigenvalue weighted by molar-refractivity contribution is 0.383. The fraction of sp³-hybridized carbons (Fsp3) is 0.400. The van der Waals surface area contributed by atoms with E-state index in [0.717, 1.165) is 23.9 Å². The average molecular weight is 242 g/mol. The number of nitrogens with zero attached hydrogens (tertiary/aromatic N) is 1. The Labute approximate surface area is 107 Å². The monoisotopic (exact) mass is 242 g/mol. The van der Waals surface area contributed by atoms with E-state index in [0.29, 0.717) is 6.04 Å². The lowest BCUT2D eigenvalue weighted by Gasteiger charge is -2.17. The van der Waals surface area contributed by atoms with E-state index in [4.69, 9.17) is 4.52 Å². The molecule has 1 unspecified atom stereocenters. The van der Waals surface area contributed by atoms with E-state index in [2.05, 4.69) is 40.8 Å². The topological polar surface area (TPSA) is 38.1 Å². The minimum Gasteiger partial charge on any atom is -0.361 e. The molecule has 0 bridgehead atoms. The van der Waals surface area contributed by atoms with E-state index >= 15 is 0 Å². The van der Waals surface area contributed by atoms with Gasteiger partial charge in [-0.1, -0.05) is 35.5 Å². The van der Waals surface area contributed by atoms with Crippen LogP contribution in [0.5, 0.6) is 0 Å². The summed E-state index contributed by atoms with van der Waals surface area (Å²) in [5, 5.41) is 7.63. The summed E-state index contributed by atoms with van der Waals surface area (Å²) in [6, 6.07) is 13.1. The fourth-order valence-electron chi connectivity index (χ4n) is 2.36. The number of hydrogen-bond donors (Lipinski definition) is 1. The van der Waals surface area contributed by atoms with Crippen molar-refractivity contribution in [2.75, 3.05) is 0 Å². The standard InChI is InChI=1S/C15H18N2O/c1-11-9-14(17-18-11)10-16-15(13-7-8-13)12-5-3-2-4-6-12/h2-6,9,13,15-16H,7-8,10H2,1H3. The normalized spacial score (nSPS) is 16.7. The lowest BCUT2D eigenvalue weighted by atomic mass is 10.0. The molecule has 1 atom stereocenters. The van der Waals surface area contributed by atoms with Gasteiger partial charge in [0.1, 0.15) is 5.76 Å². The zero-order chi connectivity index (χ0) is 12.4. The molecule has 3 rings (SSSR count). The Morgan fingerprint density at radius 1 is 1.33 bits per heavy atom. The predicted molar refractivity (Wildman–Crippen MR) is 70.0 cm³/mol. The average Bonchev–Trinajstić information content (AvgIpc) is 3.14. The molecule has 0 saturated heterocycles. The van der Waals surface area contributed by atoms with E-state index in [9.17, 15) is 0 Å². The SMILES string of the molecule is Cc1cc(CNC(c2ccccc2)C2CC2)no1. The third-order valence-corrected chi connectivity index (χ3v) is 3.43. The summed E-state index contributed by atoms with van der Waals surface area (Å²) in [7, 11) is 0. The molecule has 1 fully saturated rings. The van der Waals surface area contributed by atoms with Gasteiger partial charge in [0.15, 0.2) is 0 Å². The fourth-order valence-corrected chi connectivity index (χ4v) is 2.36. The second-order valence-corrected chi connectivity index (χ2v) is 5.04. The summed E-state index contributed by atoms with van der Waals surface area (Å²) >= 11 is 0. The summed E-state index contributed by atoms with van der Waals surface area (Å²) in [5.74, 6) is 1.65. The van der Waals surface area contributed by atoms with Gasteiger partial charge in [0.2, 0.25) is 0 Å². The lowest BCUT2D eigenvalue weighted by Crippen LogP contribution is -2.22. The van der Waals surface area contributed by atoms with Crippen LogP contribution in [-0.2, 0) is 6.54 Å². The summed E-state index contributed by atoms with van der Waals surface area (Å²) in [6.07, 6.45) is 2.65. The van der Waals surface area contributed by atoms with Gasteiger partial charge in [-0.2, -0.15) is 0 Å². The van der Waals surface area contributed by atoms with Crippen molar-refractivity contribution in [3.63, 3.8) is 0 Å². The van der Waals surface area contributed by atoms with Crippen LogP contribution in [0, 0.1) is 12.8 Å². The van der Waals surface area contributed by atoms with Crippen LogP contribution < -0.4 is 5.32 Å². The first-order valence-electron chi connectivity index (χ1n) is 6.53. The minimum atomic E-state index is 0.447. The Hall–Kier alpha value is -1.61. The van der Waals surface area contributed by atoms with Crippen molar-refractivity contribution in [3.05, 3.63) is 53.4 Å². The van der Waals surface area contributed by atoms with Gasteiger partial charge in [-0.15, -0.1) is 0 Å². The van der Waals surface area contributed by atoms with Crippen molar-refractivity contribution in [2.24, 2.45) is 5.92 Å². The second kappa shape index (κ2) is 4.94. The van der Waals surface area contributed by atoms with Gasteiger partial charge in [-0.05, 0) is 31.2 Å². The van der Waals surface area contributed by atoms with Crippen molar-refractivity contribution >= 4 is 0 Å². The zero-order valence-electron chi connectivity index (χ0n) is 10.6. The van der Waals surface area contributed by atoms with Crippen molar-refractivity contribution in [3.8, 4) is 0 Å². The Bertz CT molecular complexity index is 502. The van der Waals surface area contributed by atoms with E-state index in [1.54, 1.807) is 0 Å². The Kier molecular flexibility index (Phi) is 3.15. The highest BCUT2D eigenvalue weighted by Crippen LogP contribution is 2.41. The van der Waals surface area contributed by atoms with Crippen molar-refractivity contribution in [1.82, 2.24) is 10.5 Å². The van der Waals surface area contributed by atoms with E-state index in [-0.39, 0.29) is 0 Å². The highest BCUT2D eigenvalue weighted by Gasteiger charge is 2.31. The highest BCUT2D eigenvalue weighted by atomic mass is 16.5. The second-order valence-electron chi connectivity index (χ2n) is 5.04. The molecule has 1 heterocycles. The molecule has 1 aromatic carbocycles. The zero-order valence-corrected chi connectivity index (χ0v) is 10.6. The van der Waals surface area contributed by atoms with Crippen LogP contribution in [0.2, 0.25) is 0 Å². The molecule has 1 aliphatic rings. The Balaban J connectivity index is 1.68. The van der Waals surface area contributed by atoms with Crippen LogP contribution in [-0.4, -0.2) is 5.16 Å². The van der Waals surface area contributed by atoms with Crippen LogP contribution in [0.4, 0.5) is 0 Å². The van der Waals surface area contributed by atoms with Crippen LogP contribution in [0.3, 0.4) is 0 Å². The van der Waals surface area contributed by atoms with Gasteiger partial charge in [-0.3, -0.25) is 0 Å². The smallest absolute Gasteiger partial charge is 0.133 e. The van der Waals surface area contributed by atoms with Crippen LogP contribution >= 0.6 is 0 Å². The van der Waals surface area contributed by atoms with Gasteiger partial charge in [0, 0.05) is 18.7 Å². The number of aromatic nitrogens is 1. The molecular formula is C15H18N2O. The molecule has 1 N–H and O–H groups in total. The largest absolute Gasteiger partial charge is 0.361 e. The van der Waals surface area contributed by atoms with E-state index in [1.165, 1.54) is 18.4 Å². The molecule has 1 saturated carbocycles. The van der Waals surface area contributed by atoms with E-state index in [1.807, 2.05) is 13.0 Å². The number of hydrogen-bond acceptors (Lipinski definition) is 3. The first kappa shape index (κ1) is 11.5. The molecule has 1 aromatic heterocycles. The molecule has 2 aromatic rings. The van der Waals surface area contributed by atoms with Crippen LogP contribution in [0.25, 0.3) is 0 Å². The third kappa shape index (κ3) is 2.62. The Morgan fingerprint density at radius 3 is 2.72 bits per heavy atom. The summed E-state index contributed by atoms with van der Waals surface area (Å²) < 4.78 is 5.09. The van der Waals surface area contributed by atoms with Crippen molar-refractivity contribution in [2.45, 2.75) is 32.4 Å². The summed E-state index contributed by atoms with van der Waals surface area (Å²) in [4.78, 5) is 0. The van der Waals surface area contributed by atoms with Crippen LogP contribution in [0.15, 0.2) is 40.9 Å². The van der Waals surface area contributed by atoms with Crippen LogP contribution in [0.1, 0.15) is 35.9 Å². The minimum absolute atomic E-state index is 0.447. The number of aryl methyl sites for hydroxylation is 1. The van der Waals surface area contributed by atoms with E-state index < -0.39 is 0 Å². The third-order valence-electron chi connectivity index (χ3n) is 3.43. The number of benzene rings is 1. The first-order chi connectivity index (χ1) is 8.83. The molecule has 94 valence electrons. The molecule has 0 aliphatic heterocycles. The molecule has 18 heavy (non-hydrogen) atoms. The molecule has 0 spiro atoms. The molecule has 3 heteroatoms. The maximum absolute atomic E-state index is 5.09. The quantitative estimate of drug-likeness (QED) is 0.874. The van der Waals surface area contributed by atoms with Gasteiger partial charge in [-0.25, -0.2) is 0 Å². The maximum Gasteiger partial charge on any atom is 0.133 e. The Morgan fingerprint density at radius 2 is 2.11 bits per heavy atom. The van der Waals surface area contributed by atoms with Gasteiger partial charge in [0.05, 0.1) is 5.69 Å². The molecule has 1 aliphatic carbocycles. The molecule has 3 nitrogen and oxygen atoms in total. The molecule has 0 amide bonds. The van der Waals surface area contributed by atoms with Gasteiger partial charge >= 0.3 is 0 Å².